The van der Waals surface area contributed by atoms with Crippen molar-refractivity contribution in [2.45, 2.75) is 26.5 Å². The summed E-state index contributed by atoms with van der Waals surface area (Å²) in [5.74, 6) is 0.561. The van der Waals surface area contributed by atoms with Crippen molar-refractivity contribution < 1.29 is 10.2 Å². The van der Waals surface area contributed by atoms with Gasteiger partial charge in [-0.3, -0.25) is 0 Å². The Labute approximate surface area is 89.4 Å². The zero-order chi connectivity index (χ0) is 11.4. The SMILES string of the molecule is Cc1nc(N(C)C(C)CO)ncc1CO. The van der Waals surface area contributed by atoms with E-state index in [2.05, 4.69) is 9.97 Å². The largest absolute Gasteiger partial charge is 0.394 e. The van der Waals surface area contributed by atoms with E-state index in [1.807, 2.05) is 20.9 Å². The lowest BCUT2D eigenvalue weighted by atomic mass is 10.2. The number of rotatable bonds is 4. The Bertz CT molecular complexity index is 330. The maximum Gasteiger partial charge on any atom is 0.225 e. The van der Waals surface area contributed by atoms with Gasteiger partial charge in [0.1, 0.15) is 0 Å². The predicted octanol–water partition coefficient (Wildman–Crippen LogP) is 0.0943. The Hall–Kier alpha value is -1.20. The number of aliphatic hydroxyl groups excluding tert-OH is 2. The Morgan fingerprint density at radius 1 is 1.47 bits per heavy atom. The predicted molar refractivity (Wildman–Crippen MR) is 57.6 cm³/mol. The van der Waals surface area contributed by atoms with Crippen LogP contribution in [0.4, 0.5) is 5.95 Å². The second-order valence-corrected chi connectivity index (χ2v) is 3.58. The van der Waals surface area contributed by atoms with Gasteiger partial charge in [-0.1, -0.05) is 0 Å². The molecule has 0 saturated heterocycles. The van der Waals surface area contributed by atoms with Gasteiger partial charge in [0.05, 0.1) is 19.3 Å². The van der Waals surface area contributed by atoms with Crippen LogP contribution < -0.4 is 4.90 Å². The smallest absolute Gasteiger partial charge is 0.225 e. The molecule has 0 spiro atoms. The third-order valence-electron chi connectivity index (χ3n) is 2.48. The summed E-state index contributed by atoms with van der Waals surface area (Å²) in [7, 11) is 1.83. The minimum absolute atomic E-state index is 0.0237. The first-order valence-corrected chi connectivity index (χ1v) is 4.87. The van der Waals surface area contributed by atoms with Gasteiger partial charge in [0, 0.05) is 24.5 Å². The zero-order valence-corrected chi connectivity index (χ0v) is 9.30. The Kier molecular flexibility index (Phi) is 3.99. The Morgan fingerprint density at radius 2 is 2.13 bits per heavy atom. The number of nitrogens with zero attached hydrogens (tertiary/aromatic N) is 3. The fraction of sp³-hybridized carbons (Fsp3) is 0.600. The lowest BCUT2D eigenvalue weighted by Gasteiger charge is -2.23. The topological polar surface area (TPSA) is 69.5 Å². The number of hydrogen-bond acceptors (Lipinski definition) is 5. The highest BCUT2D eigenvalue weighted by Crippen LogP contribution is 2.11. The van der Waals surface area contributed by atoms with Crippen LogP contribution in [0, 0.1) is 6.92 Å². The van der Waals surface area contributed by atoms with Gasteiger partial charge in [-0.2, -0.15) is 0 Å². The first kappa shape index (κ1) is 11.9. The van der Waals surface area contributed by atoms with Gasteiger partial charge < -0.3 is 15.1 Å². The summed E-state index contributed by atoms with van der Waals surface area (Å²) in [6, 6.07) is -0.0237. The Morgan fingerprint density at radius 3 is 2.60 bits per heavy atom. The van der Waals surface area contributed by atoms with Crippen LogP contribution in [0.1, 0.15) is 18.2 Å². The van der Waals surface area contributed by atoms with Gasteiger partial charge in [0.25, 0.3) is 0 Å². The molecule has 1 rings (SSSR count). The van der Waals surface area contributed by atoms with E-state index in [1.54, 1.807) is 11.1 Å². The molecule has 0 aliphatic carbocycles. The van der Waals surface area contributed by atoms with Crippen LogP contribution in [0.3, 0.4) is 0 Å². The van der Waals surface area contributed by atoms with Crippen molar-refractivity contribution in [1.82, 2.24) is 9.97 Å². The minimum atomic E-state index is -0.0502. The molecule has 5 nitrogen and oxygen atoms in total. The van der Waals surface area contributed by atoms with Crippen LogP contribution >= 0.6 is 0 Å². The fourth-order valence-corrected chi connectivity index (χ4v) is 1.12. The van der Waals surface area contributed by atoms with Crippen LogP contribution in [-0.2, 0) is 6.61 Å². The van der Waals surface area contributed by atoms with Crippen LogP contribution in [0.2, 0.25) is 0 Å². The quantitative estimate of drug-likeness (QED) is 0.739. The van der Waals surface area contributed by atoms with Crippen molar-refractivity contribution in [2.24, 2.45) is 0 Å². The van der Waals surface area contributed by atoms with Gasteiger partial charge >= 0.3 is 0 Å². The number of aryl methyl sites for hydroxylation is 1. The first-order valence-electron chi connectivity index (χ1n) is 4.87. The highest BCUT2D eigenvalue weighted by Gasteiger charge is 2.12. The summed E-state index contributed by atoms with van der Waals surface area (Å²) in [4.78, 5) is 10.2. The molecule has 15 heavy (non-hydrogen) atoms. The standard InChI is InChI=1S/C10H17N3O2/c1-7(5-14)13(3)10-11-4-9(6-15)8(2)12-10/h4,7,14-15H,5-6H2,1-3H3. The highest BCUT2D eigenvalue weighted by molar-refractivity contribution is 5.32. The second-order valence-electron chi connectivity index (χ2n) is 3.58. The molecule has 0 bridgehead atoms. The molecule has 0 amide bonds. The molecule has 0 aliphatic rings. The van der Waals surface area contributed by atoms with Crippen LogP contribution in [0.5, 0.6) is 0 Å². The van der Waals surface area contributed by atoms with E-state index in [-0.39, 0.29) is 19.3 Å². The van der Waals surface area contributed by atoms with Crippen molar-refractivity contribution in [1.29, 1.82) is 0 Å². The average molecular weight is 211 g/mol. The molecule has 0 aliphatic heterocycles. The molecule has 84 valence electrons. The lowest BCUT2D eigenvalue weighted by molar-refractivity contribution is 0.269. The molecule has 0 saturated carbocycles. The van der Waals surface area contributed by atoms with E-state index in [4.69, 9.17) is 10.2 Å². The second kappa shape index (κ2) is 5.04. The maximum absolute atomic E-state index is 9.00. The molecule has 1 unspecified atom stereocenters. The van der Waals surface area contributed by atoms with Crippen LogP contribution in [0.25, 0.3) is 0 Å². The number of anilines is 1. The van der Waals surface area contributed by atoms with Crippen molar-refractivity contribution in [3.05, 3.63) is 17.5 Å². The summed E-state index contributed by atoms with van der Waals surface area (Å²) in [5.41, 5.74) is 1.49. The molecule has 2 N–H and O–H groups in total. The van der Waals surface area contributed by atoms with Crippen molar-refractivity contribution in [3.63, 3.8) is 0 Å². The normalized spacial score (nSPS) is 12.6. The maximum atomic E-state index is 9.00. The molecule has 1 heterocycles. The Balaban J connectivity index is 2.92. The highest BCUT2D eigenvalue weighted by atomic mass is 16.3. The fourth-order valence-electron chi connectivity index (χ4n) is 1.12. The molecular weight excluding hydrogens is 194 g/mol. The monoisotopic (exact) mass is 211 g/mol. The van der Waals surface area contributed by atoms with E-state index in [1.165, 1.54) is 0 Å². The van der Waals surface area contributed by atoms with E-state index < -0.39 is 0 Å². The third kappa shape index (κ3) is 2.64. The molecule has 1 aromatic rings. The van der Waals surface area contributed by atoms with Crippen molar-refractivity contribution in [3.8, 4) is 0 Å². The minimum Gasteiger partial charge on any atom is -0.394 e. The molecular formula is C10H17N3O2. The first-order chi connectivity index (χ1) is 7.10. The molecule has 5 heteroatoms. The molecule has 1 aromatic heterocycles. The number of likely N-dealkylation sites (N-methyl/N-ethyl adjacent to an activating group) is 1. The molecule has 0 radical (unpaired) electrons. The van der Waals surface area contributed by atoms with Crippen molar-refractivity contribution in [2.75, 3.05) is 18.6 Å². The summed E-state index contributed by atoms with van der Waals surface area (Å²) in [6.45, 7) is 3.72. The van der Waals surface area contributed by atoms with Crippen LogP contribution in [-0.4, -0.2) is 39.9 Å². The molecule has 1 atom stereocenters. The van der Waals surface area contributed by atoms with Gasteiger partial charge in [-0.15, -0.1) is 0 Å². The zero-order valence-electron chi connectivity index (χ0n) is 9.30. The third-order valence-corrected chi connectivity index (χ3v) is 2.48. The summed E-state index contributed by atoms with van der Waals surface area (Å²) >= 11 is 0. The van der Waals surface area contributed by atoms with E-state index >= 15 is 0 Å². The lowest BCUT2D eigenvalue weighted by Crippen LogP contribution is -2.33. The van der Waals surface area contributed by atoms with Gasteiger partial charge in [0.2, 0.25) is 5.95 Å². The van der Waals surface area contributed by atoms with Gasteiger partial charge in [0.15, 0.2) is 0 Å². The number of hydrogen-bond donors (Lipinski definition) is 2. The number of aliphatic hydroxyl groups is 2. The summed E-state index contributed by atoms with van der Waals surface area (Å²) in [5, 5.41) is 18.0. The summed E-state index contributed by atoms with van der Waals surface area (Å²) in [6.07, 6.45) is 1.61. The molecule has 0 aromatic carbocycles. The van der Waals surface area contributed by atoms with E-state index in [0.29, 0.717) is 5.95 Å². The molecule has 0 fully saturated rings. The number of aromatic nitrogens is 2. The van der Waals surface area contributed by atoms with E-state index in [0.717, 1.165) is 11.3 Å². The van der Waals surface area contributed by atoms with Crippen LogP contribution in [0.15, 0.2) is 6.20 Å². The average Bonchev–Trinajstić information content (AvgIpc) is 2.26. The van der Waals surface area contributed by atoms with Gasteiger partial charge in [-0.25, -0.2) is 9.97 Å². The van der Waals surface area contributed by atoms with Crippen molar-refractivity contribution >= 4 is 5.95 Å². The van der Waals surface area contributed by atoms with E-state index in [9.17, 15) is 0 Å². The van der Waals surface area contributed by atoms with Gasteiger partial charge in [-0.05, 0) is 13.8 Å². The summed E-state index contributed by atoms with van der Waals surface area (Å²) < 4.78 is 0.